The van der Waals surface area contributed by atoms with E-state index in [1.807, 2.05) is 4.90 Å². The first-order valence-electron chi connectivity index (χ1n) is 5.50. The minimum atomic E-state index is 0.309. The molecule has 0 unspecified atom stereocenters. The molecule has 0 N–H and O–H groups in total. The molecule has 3 heteroatoms. The van der Waals surface area contributed by atoms with Crippen molar-refractivity contribution in [2.45, 2.75) is 33.2 Å². The van der Waals surface area contributed by atoms with E-state index in [0.29, 0.717) is 18.2 Å². The fraction of sp³-hybridized carbons (Fsp3) is 0.583. The van der Waals surface area contributed by atoms with Gasteiger partial charge in [-0.2, -0.15) is 0 Å². The topological polar surface area (TPSA) is 20.3 Å². The average molecular weight is 223 g/mol. The first-order chi connectivity index (χ1) is 7.16. The van der Waals surface area contributed by atoms with Gasteiger partial charge in [-0.3, -0.25) is 4.79 Å². The molecule has 0 aromatic carbocycles. The van der Waals surface area contributed by atoms with Crippen molar-refractivity contribution in [2.24, 2.45) is 5.92 Å². The summed E-state index contributed by atoms with van der Waals surface area (Å²) in [6.07, 6.45) is 1.71. The molecule has 0 saturated heterocycles. The zero-order valence-corrected chi connectivity index (χ0v) is 10.1. The van der Waals surface area contributed by atoms with Crippen LogP contribution in [0.1, 0.15) is 30.7 Å². The van der Waals surface area contributed by atoms with Crippen molar-refractivity contribution in [3.8, 4) is 0 Å². The van der Waals surface area contributed by atoms with E-state index in [1.54, 1.807) is 11.3 Å². The van der Waals surface area contributed by atoms with Gasteiger partial charge in [0.15, 0.2) is 0 Å². The summed E-state index contributed by atoms with van der Waals surface area (Å²) in [5.41, 5.74) is 1.44. The van der Waals surface area contributed by atoms with Gasteiger partial charge >= 0.3 is 0 Å². The fourth-order valence-corrected chi connectivity index (χ4v) is 2.88. The van der Waals surface area contributed by atoms with Crippen LogP contribution in [0.4, 0.5) is 0 Å². The van der Waals surface area contributed by atoms with Gasteiger partial charge in [-0.15, -0.1) is 11.3 Å². The third-order valence-electron chi connectivity index (χ3n) is 2.76. The van der Waals surface area contributed by atoms with Crippen molar-refractivity contribution in [3.63, 3.8) is 0 Å². The summed E-state index contributed by atoms with van der Waals surface area (Å²) in [6, 6.07) is 2.18. The first-order valence-corrected chi connectivity index (χ1v) is 6.38. The van der Waals surface area contributed by atoms with Gasteiger partial charge in [0.1, 0.15) is 0 Å². The van der Waals surface area contributed by atoms with Gasteiger partial charge < -0.3 is 4.90 Å². The number of hydrogen-bond donors (Lipinski definition) is 0. The maximum atomic E-state index is 11.9. The SMILES string of the molecule is CC(C)CC(=O)N1CCc2ccsc2C1. The molecule has 0 bridgehead atoms. The third kappa shape index (κ3) is 2.40. The minimum Gasteiger partial charge on any atom is -0.337 e. The summed E-state index contributed by atoms with van der Waals surface area (Å²) in [5, 5.41) is 2.13. The highest BCUT2D eigenvalue weighted by Crippen LogP contribution is 2.24. The number of amides is 1. The van der Waals surface area contributed by atoms with Crippen LogP contribution in [0.2, 0.25) is 0 Å². The lowest BCUT2D eigenvalue weighted by Gasteiger charge is -2.27. The summed E-state index contributed by atoms with van der Waals surface area (Å²) in [5.74, 6) is 0.770. The zero-order valence-electron chi connectivity index (χ0n) is 9.32. The third-order valence-corrected chi connectivity index (χ3v) is 3.71. The Morgan fingerprint density at radius 3 is 3.13 bits per heavy atom. The van der Waals surface area contributed by atoms with Gasteiger partial charge in [-0.25, -0.2) is 0 Å². The van der Waals surface area contributed by atoms with E-state index < -0.39 is 0 Å². The second-order valence-corrected chi connectivity index (χ2v) is 5.53. The van der Waals surface area contributed by atoms with Crippen LogP contribution in [-0.4, -0.2) is 17.4 Å². The van der Waals surface area contributed by atoms with E-state index in [0.717, 1.165) is 19.5 Å². The molecule has 0 atom stereocenters. The predicted octanol–water partition coefficient (Wildman–Crippen LogP) is 2.68. The van der Waals surface area contributed by atoms with Crippen LogP contribution in [-0.2, 0) is 17.8 Å². The maximum absolute atomic E-state index is 11.9. The van der Waals surface area contributed by atoms with E-state index in [9.17, 15) is 4.79 Å². The van der Waals surface area contributed by atoms with Gasteiger partial charge in [0, 0.05) is 17.8 Å². The molecule has 1 aliphatic heterocycles. The molecule has 2 nitrogen and oxygen atoms in total. The summed E-state index contributed by atoms with van der Waals surface area (Å²) in [6.45, 7) is 5.92. The average Bonchev–Trinajstić information content (AvgIpc) is 2.62. The lowest BCUT2D eigenvalue weighted by atomic mass is 10.1. The van der Waals surface area contributed by atoms with Gasteiger partial charge in [-0.1, -0.05) is 13.8 Å². The zero-order chi connectivity index (χ0) is 10.8. The molecule has 1 aromatic rings. The van der Waals surface area contributed by atoms with Crippen LogP contribution in [0.25, 0.3) is 0 Å². The van der Waals surface area contributed by atoms with E-state index in [1.165, 1.54) is 10.4 Å². The Balaban J connectivity index is 2.00. The number of rotatable bonds is 2. The molecule has 15 heavy (non-hydrogen) atoms. The van der Waals surface area contributed by atoms with Gasteiger partial charge in [0.2, 0.25) is 5.91 Å². The molecule has 1 amide bonds. The second kappa shape index (κ2) is 4.35. The molecule has 2 heterocycles. The van der Waals surface area contributed by atoms with Crippen LogP contribution < -0.4 is 0 Å². The van der Waals surface area contributed by atoms with E-state index in [-0.39, 0.29) is 0 Å². The summed E-state index contributed by atoms with van der Waals surface area (Å²) < 4.78 is 0. The first kappa shape index (κ1) is 10.7. The number of fused-ring (bicyclic) bond motifs is 1. The predicted molar refractivity (Wildman–Crippen MR) is 62.9 cm³/mol. The molecule has 1 aliphatic rings. The lowest BCUT2D eigenvalue weighted by Crippen LogP contribution is -2.35. The van der Waals surface area contributed by atoms with E-state index in [2.05, 4.69) is 25.3 Å². The Bertz CT molecular complexity index is 356. The van der Waals surface area contributed by atoms with Crippen LogP contribution in [0.3, 0.4) is 0 Å². The number of nitrogens with zero attached hydrogens (tertiary/aromatic N) is 1. The van der Waals surface area contributed by atoms with Crippen molar-refractivity contribution in [2.75, 3.05) is 6.54 Å². The van der Waals surface area contributed by atoms with Crippen LogP contribution in [0.5, 0.6) is 0 Å². The Labute approximate surface area is 94.9 Å². The van der Waals surface area contributed by atoms with Crippen molar-refractivity contribution >= 4 is 17.2 Å². The highest BCUT2D eigenvalue weighted by Gasteiger charge is 2.21. The number of carbonyl (C=O) groups is 1. The quantitative estimate of drug-likeness (QED) is 0.755. The molecule has 0 saturated carbocycles. The fourth-order valence-electron chi connectivity index (χ4n) is 1.93. The van der Waals surface area contributed by atoms with Crippen molar-refractivity contribution in [1.29, 1.82) is 0 Å². The molecule has 2 rings (SSSR count). The number of thiophene rings is 1. The van der Waals surface area contributed by atoms with Gasteiger partial charge in [0.25, 0.3) is 0 Å². The molecule has 0 spiro atoms. The summed E-state index contributed by atoms with van der Waals surface area (Å²) >= 11 is 1.77. The molecule has 82 valence electrons. The Hall–Kier alpha value is -0.830. The molecule has 1 aromatic heterocycles. The van der Waals surface area contributed by atoms with Crippen molar-refractivity contribution in [1.82, 2.24) is 4.90 Å². The lowest BCUT2D eigenvalue weighted by molar-refractivity contribution is -0.132. The Morgan fingerprint density at radius 1 is 1.60 bits per heavy atom. The summed E-state index contributed by atoms with van der Waals surface area (Å²) in [7, 11) is 0. The van der Waals surface area contributed by atoms with E-state index in [4.69, 9.17) is 0 Å². The second-order valence-electron chi connectivity index (χ2n) is 4.53. The standard InChI is InChI=1S/C12H17NOS/c1-9(2)7-12(14)13-5-3-10-4-6-15-11(10)8-13/h4,6,9H,3,5,7-8H2,1-2H3. The molecule has 0 aliphatic carbocycles. The normalized spacial score (nSPS) is 15.5. The maximum Gasteiger partial charge on any atom is 0.223 e. The van der Waals surface area contributed by atoms with Gasteiger partial charge in [-0.05, 0) is 29.3 Å². The van der Waals surface area contributed by atoms with E-state index >= 15 is 0 Å². The van der Waals surface area contributed by atoms with Crippen LogP contribution in [0.15, 0.2) is 11.4 Å². The van der Waals surface area contributed by atoms with Gasteiger partial charge in [0.05, 0.1) is 6.54 Å². The van der Waals surface area contributed by atoms with Crippen LogP contribution >= 0.6 is 11.3 Å². The molecule has 0 fully saturated rings. The van der Waals surface area contributed by atoms with Crippen molar-refractivity contribution in [3.05, 3.63) is 21.9 Å². The van der Waals surface area contributed by atoms with Crippen LogP contribution in [0, 0.1) is 5.92 Å². The highest BCUT2D eigenvalue weighted by molar-refractivity contribution is 7.10. The number of carbonyl (C=O) groups excluding carboxylic acids is 1. The minimum absolute atomic E-state index is 0.309. The molecular weight excluding hydrogens is 206 g/mol. The molecule has 0 radical (unpaired) electrons. The van der Waals surface area contributed by atoms with Crippen molar-refractivity contribution < 1.29 is 4.79 Å². The Kier molecular flexibility index (Phi) is 3.10. The summed E-state index contributed by atoms with van der Waals surface area (Å²) in [4.78, 5) is 15.2. The highest BCUT2D eigenvalue weighted by atomic mass is 32.1. The largest absolute Gasteiger partial charge is 0.337 e. The smallest absolute Gasteiger partial charge is 0.223 e. The Morgan fingerprint density at radius 2 is 2.40 bits per heavy atom. The molecular formula is C12H17NOS. The monoisotopic (exact) mass is 223 g/mol. The number of hydrogen-bond acceptors (Lipinski definition) is 2.